The molecule has 0 radical (unpaired) electrons. The van der Waals surface area contributed by atoms with Gasteiger partial charge in [0.15, 0.2) is 0 Å². The van der Waals surface area contributed by atoms with Crippen LogP contribution in [0.15, 0.2) is 48.7 Å². The number of aromatic nitrogens is 2. The Balaban J connectivity index is 1.81. The lowest BCUT2D eigenvalue weighted by molar-refractivity contribution is 0.583. The topological polar surface area (TPSA) is 49.8 Å². The molecule has 3 aromatic rings. The Kier molecular flexibility index (Phi) is 4.28. The van der Waals surface area contributed by atoms with Crippen molar-refractivity contribution in [2.24, 2.45) is 0 Å². The van der Waals surface area contributed by atoms with Crippen molar-refractivity contribution in [3.8, 4) is 0 Å². The van der Waals surface area contributed by atoms with Crippen LogP contribution >= 0.6 is 0 Å². The molecule has 1 heterocycles. The number of nitrogens with zero attached hydrogens (tertiary/aromatic N) is 2. The van der Waals surface area contributed by atoms with E-state index >= 15 is 0 Å². The van der Waals surface area contributed by atoms with Crippen LogP contribution in [0.4, 0.5) is 40.7 Å². The number of hydrogen-bond acceptors (Lipinski definition) is 4. The molecule has 0 fully saturated rings. The monoisotopic (exact) mass is 334 g/mol. The quantitative estimate of drug-likeness (QED) is 0.689. The minimum Gasteiger partial charge on any atom is -0.340 e. The predicted octanol–water partition coefficient (Wildman–Crippen LogP) is 4.52. The van der Waals surface area contributed by atoms with E-state index in [1.807, 2.05) is 0 Å². The number of anilines is 4. The maximum absolute atomic E-state index is 13.2. The molecule has 0 aliphatic carbocycles. The van der Waals surface area contributed by atoms with E-state index in [4.69, 9.17) is 0 Å². The fraction of sp³-hybridized carbons (Fsp3) is 0. The highest BCUT2D eigenvalue weighted by Crippen LogP contribution is 2.20. The third-order valence-corrected chi connectivity index (χ3v) is 2.91. The van der Waals surface area contributed by atoms with E-state index in [0.717, 1.165) is 36.4 Å². The van der Waals surface area contributed by atoms with Crippen molar-refractivity contribution < 1.29 is 17.6 Å². The molecule has 0 unspecified atom stereocenters. The zero-order valence-corrected chi connectivity index (χ0v) is 12.0. The van der Waals surface area contributed by atoms with Gasteiger partial charge < -0.3 is 10.6 Å². The maximum atomic E-state index is 13.2. The minimum atomic E-state index is -0.748. The summed E-state index contributed by atoms with van der Waals surface area (Å²) < 4.78 is 52.7. The second kappa shape index (κ2) is 6.53. The summed E-state index contributed by atoms with van der Waals surface area (Å²) in [6.45, 7) is 0. The summed E-state index contributed by atoms with van der Waals surface area (Å²) >= 11 is 0. The van der Waals surface area contributed by atoms with Crippen LogP contribution in [0.25, 0.3) is 0 Å². The molecule has 0 saturated carbocycles. The van der Waals surface area contributed by atoms with Gasteiger partial charge >= 0.3 is 0 Å². The largest absolute Gasteiger partial charge is 0.340 e. The van der Waals surface area contributed by atoms with Crippen molar-refractivity contribution in [3.05, 3.63) is 71.9 Å². The van der Waals surface area contributed by atoms with Crippen molar-refractivity contribution in [1.29, 1.82) is 0 Å². The summed E-state index contributed by atoms with van der Waals surface area (Å²) in [4.78, 5) is 7.97. The lowest BCUT2D eigenvalue weighted by atomic mass is 10.3. The van der Waals surface area contributed by atoms with Crippen molar-refractivity contribution in [1.82, 2.24) is 9.97 Å². The molecule has 0 amide bonds. The van der Waals surface area contributed by atoms with Gasteiger partial charge in [0.25, 0.3) is 0 Å². The molecule has 2 N–H and O–H groups in total. The van der Waals surface area contributed by atoms with Gasteiger partial charge in [0.2, 0.25) is 5.95 Å². The molecule has 8 heteroatoms. The van der Waals surface area contributed by atoms with Crippen LogP contribution in [0.3, 0.4) is 0 Å². The number of nitrogens with one attached hydrogen (secondary N) is 2. The van der Waals surface area contributed by atoms with E-state index in [1.165, 1.54) is 12.3 Å². The molecule has 0 aliphatic heterocycles. The second-order valence-electron chi connectivity index (χ2n) is 4.83. The molecular weight excluding hydrogens is 324 g/mol. The van der Waals surface area contributed by atoms with Crippen molar-refractivity contribution in [2.45, 2.75) is 0 Å². The molecule has 1 aromatic heterocycles. The molecule has 3 rings (SSSR count). The first-order valence-electron chi connectivity index (χ1n) is 6.77. The first kappa shape index (κ1) is 15.7. The average molecular weight is 334 g/mol. The Morgan fingerprint density at radius 2 is 1.17 bits per heavy atom. The smallest absolute Gasteiger partial charge is 0.229 e. The van der Waals surface area contributed by atoms with Crippen molar-refractivity contribution >= 4 is 23.1 Å². The van der Waals surface area contributed by atoms with E-state index in [0.29, 0.717) is 0 Å². The highest BCUT2D eigenvalue weighted by atomic mass is 19.1. The number of halogens is 4. The third-order valence-electron chi connectivity index (χ3n) is 2.91. The molecule has 4 nitrogen and oxygen atoms in total. The highest BCUT2D eigenvalue weighted by molar-refractivity contribution is 5.59. The molecule has 0 saturated heterocycles. The fourth-order valence-corrected chi connectivity index (χ4v) is 2.02. The summed E-state index contributed by atoms with van der Waals surface area (Å²) in [5.74, 6) is -2.67. The highest BCUT2D eigenvalue weighted by Gasteiger charge is 2.05. The van der Waals surface area contributed by atoms with Crippen molar-refractivity contribution in [2.75, 3.05) is 10.6 Å². The van der Waals surface area contributed by atoms with Gasteiger partial charge in [0.1, 0.15) is 29.1 Å². The van der Waals surface area contributed by atoms with Gasteiger partial charge in [-0.15, -0.1) is 0 Å². The summed E-state index contributed by atoms with van der Waals surface area (Å²) in [6, 6.07) is 7.31. The number of rotatable bonds is 4. The van der Waals surface area contributed by atoms with E-state index in [9.17, 15) is 17.6 Å². The van der Waals surface area contributed by atoms with Crippen LogP contribution in [0.1, 0.15) is 0 Å². The Morgan fingerprint density at radius 1 is 0.667 bits per heavy atom. The van der Waals surface area contributed by atoms with E-state index < -0.39 is 23.3 Å². The fourth-order valence-electron chi connectivity index (χ4n) is 2.02. The first-order valence-corrected chi connectivity index (χ1v) is 6.77. The zero-order valence-electron chi connectivity index (χ0n) is 12.0. The van der Waals surface area contributed by atoms with Crippen LogP contribution in [0, 0.1) is 23.3 Å². The summed E-state index contributed by atoms with van der Waals surface area (Å²) in [7, 11) is 0. The van der Waals surface area contributed by atoms with Crippen LogP contribution in [0.5, 0.6) is 0 Å². The Labute approximate surface area is 134 Å². The van der Waals surface area contributed by atoms with E-state index in [2.05, 4.69) is 20.6 Å². The minimum absolute atomic E-state index is 0.0573. The molecule has 2 aromatic carbocycles. The Bertz CT molecular complexity index is 776. The van der Waals surface area contributed by atoms with Crippen LogP contribution in [-0.4, -0.2) is 9.97 Å². The first-order chi connectivity index (χ1) is 11.5. The van der Waals surface area contributed by atoms with Gasteiger partial charge in [0.05, 0.1) is 0 Å². The lowest BCUT2D eigenvalue weighted by Crippen LogP contribution is -2.01. The Hall–Kier alpha value is -3.16. The standard InChI is InChI=1S/C16H10F4N4/c17-9-3-10(18)6-13(5-9)22-15-1-2-21-16(24-15)23-14-7-11(19)4-12(20)8-14/h1-8H,(H2,21,22,23,24). The molecule has 0 atom stereocenters. The summed E-state index contributed by atoms with van der Waals surface area (Å²) in [6.07, 6.45) is 1.38. The van der Waals surface area contributed by atoms with E-state index in [1.54, 1.807) is 0 Å². The van der Waals surface area contributed by atoms with Gasteiger partial charge in [-0.25, -0.2) is 22.5 Å². The molecule has 0 spiro atoms. The third kappa shape index (κ3) is 3.97. The van der Waals surface area contributed by atoms with Gasteiger partial charge in [-0.3, -0.25) is 0 Å². The van der Waals surface area contributed by atoms with Crippen LogP contribution in [-0.2, 0) is 0 Å². The molecule has 122 valence electrons. The average Bonchev–Trinajstić information content (AvgIpc) is 2.45. The Morgan fingerprint density at radius 3 is 1.71 bits per heavy atom. The van der Waals surface area contributed by atoms with Gasteiger partial charge in [-0.1, -0.05) is 0 Å². The molecular formula is C16H10F4N4. The number of benzene rings is 2. The van der Waals surface area contributed by atoms with E-state index in [-0.39, 0.29) is 23.1 Å². The molecule has 24 heavy (non-hydrogen) atoms. The van der Waals surface area contributed by atoms with Gasteiger partial charge in [-0.05, 0) is 30.3 Å². The van der Waals surface area contributed by atoms with Crippen LogP contribution in [0.2, 0.25) is 0 Å². The second-order valence-corrected chi connectivity index (χ2v) is 4.83. The van der Waals surface area contributed by atoms with Gasteiger partial charge in [0, 0.05) is 29.7 Å². The number of hydrogen-bond donors (Lipinski definition) is 2. The maximum Gasteiger partial charge on any atom is 0.229 e. The summed E-state index contributed by atoms with van der Waals surface area (Å²) in [5, 5.41) is 5.36. The van der Waals surface area contributed by atoms with Gasteiger partial charge in [-0.2, -0.15) is 4.98 Å². The molecule has 0 aliphatic rings. The van der Waals surface area contributed by atoms with Crippen molar-refractivity contribution in [3.63, 3.8) is 0 Å². The van der Waals surface area contributed by atoms with Crippen LogP contribution < -0.4 is 10.6 Å². The zero-order chi connectivity index (χ0) is 17.1. The normalized spacial score (nSPS) is 10.5. The predicted molar refractivity (Wildman–Crippen MR) is 81.3 cm³/mol. The molecule has 0 bridgehead atoms. The summed E-state index contributed by atoms with van der Waals surface area (Å²) in [5.41, 5.74) is 0.287. The lowest BCUT2D eigenvalue weighted by Gasteiger charge is -2.09. The SMILES string of the molecule is Fc1cc(F)cc(Nc2ccnc(Nc3cc(F)cc(F)c3)n2)c1.